The van der Waals surface area contributed by atoms with E-state index in [1.807, 2.05) is 30.3 Å². The van der Waals surface area contributed by atoms with Crippen molar-refractivity contribution in [1.82, 2.24) is 15.2 Å². The summed E-state index contributed by atoms with van der Waals surface area (Å²) in [5.41, 5.74) is 1.70. The Labute approximate surface area is 194 Å². The van der Waals surface area contributed by atoms with E-state index in [0.717, 1.165) is 54.9 Å². The molecule has 6 nitrogen and oxygen atoms in total. The second kappa shape index (κ2) is 9.49. The third-order valence-electron chi connectivity index (χ3n) is 7.06. The van der Waals surface area contributed by atoms with Gasteiger partial charge >= 0.3 is 0 Å². The molecule has 33 heavy (non-hydrogen) atoms. The summed E-state index contributed by atoms with van der Waals surface area (Å²) >= 11 is 0. The molecule has 1 aromatic carbocycles. The summed E-state index contributed by atoms with van der Waals surface area (Å²) < 4.78 is 5.78. The Bertz CT molecular complexity index is 1130. The molecule has 3 heterocycles. The Morgan fingerprint density at radius 1 is 1.15 bits per heavy atom. The van der Waals surface area contributed by atoms with Crippen LogP contribution in [0.5, 0.6) is 0 Å². The molecular formula is C27H31N3O3. The van der Waals surface area contributed by atoms with Crippen molar-refractivity contribution in [3.8, 4) is 0 Å². The fourth-order valence-corrected chi connectivity index (χ4v) is 5.00. The topological polar surface area (TPSA) is 78.6 Å². The van der Waals surface area contributed by atoms with Crippen molar-refractivity contribution in [3.05, 3.63) is 77.8 Å². The summed E-state index contributed by atoms with van der Waals surface area (Å²) in [6, 6.07) is 11.3. The first kappa shape index (κ1) is 21.9. The highest BCUT2D eigenvalue weighted by Crippen LogP contribution is 2.35. The number of nitrogens with zero attached hydrogens (tertiary/aromatic N) is 2. The fourth-order valence-electron chi connectivity index (χ4n) is 5.00. The number of likely N-dealkylation sites (tertiary alicyclic amines) is 1. The summed E-state index contributed by atoms with van der Waals surface area (Å²) in [7, 11) is 0. The third kappa shape index (κ3) is 5.02. The molecule has 1 fully saturated rings. The van der Waals surface area contributed by atoms with E-state index in [2.05, 4.69) is 27.4 Å². The molecular weight excluding hydrogens is 414 g/mol. The molecule has 2 aromatic heterocycles. The number of carbonyl (C=O) groups excluding carboxylic acids is 1. The second-order valence-electron chi connectivity index (χ2n) is 9.38. The van der Waals surface area contributed by atoms with Gasteiger partial charge in [0.05, 0.1) is 5.60 Å². The Balaban J connectivity index is 1.23. The molecule has 1 atom stereocenters. The molecule has 172 valence electrons. The van der Waals surface area contributed by atoms with Gasteiger partial charge in [0.15, 0.2) is 5.76 Å². The quantitative estimate of drug-likeness (QED) is 0.550. The van der Waals surface area contributed by atoms with E-state index >= 15 is 0 Å². The average molecular weight is 446 g/mol. The first-order chi connectivity index (χ1) is 16.1. The third-order valence-corrected chi connectivity index (χ3v) is 7.06. The number of pyridine rings is 1. The molecule has 1 saturated heterocycles. The number of rotatable bonds is 6. The van der Waals surface area contributed by atoms with Crippen LogP contribution < -0.4 is 5.32 Å². The van der Waals surface area contributed by atoms with E-state index in [-0.39, 0.29) is 11.7 Å². The van der Waals surface area contributed by atoms with Gasteiger partial charge in [-0.25, -0.2) is 0 Å². The second-order valence-corrected chi connectivity index (χ2v) is 9.38. The smallest absolute Gasteiger partial charge is 0.287 e. The molecule has 1 aliphatic heterocycles. The minimum Gasteiger partial charge on any atom is -0.451 e. The van der Waals surface area contributed by atoms with Crippen LogP contribution in [0.15, 0.2) is 65.4 Å². The molecule has 2 aliphatic rings. The lowest BCUT2D eigenvalue weighted by Crippen LogP contribution is -2.44. The molecule has 6 heteroatoms. The number of hydrogen-bond acceptors (Lipinski definition) is 5. The highest BCUT2D eigenvalue weighted by Gasteiger charge is 2.34. The summed E-state index contributed by atoms with van der Waals surface area (Å²) in [6.07, 6.45) is 13.1. The minimum atomic E-state index is -0.835. The van der Waals surface area contributed by atoms with Crippen LogP contribution in [0.4, 0.5) is 0 Å². The number of piperidine rings is 1. The van der Waals surface area contributed by atoms with E-state index in [9.17, 15) is 9.90 Å². The van der Waals surface area contributed by atoms with E-state index in [4.69, 9.17) is 4.42 Å². The molecule has 0 radical (unpaired) electrons. The monoisotopic (exact) mass is 445 g/mol. The van der Waals surface area contributed by atoms with E-state index in [1.165, 1.54) is 19.3 Å². The van der Waals surface area contributed by atoms with Crippen molar-refractivity contribution < 1.29 is 14.3 Å². The number of aliphatic hydroxyl groups is 1. The van der Waals surface area contributed by atoms with Gasteiger partial charge in [0.25, 0.3) is 5.91 Å². The lowest BCUT2D eigenvalue weighted by Gasteiger charge is -2.40. The molecule has 1 aliphatic carbocycles. The minimum absolute atomic E-state index is 0.255. The lowest BCUT2D eigenvalue weighted by molar-refractivity contribution is -0.0289. The largest absolute Gasteiger partial charge is 0.451 e. The number of hydrogen-bond donors (Lipinski definition) is 2. The number of fused-ring (bicyclic) bond motifs is 1. The zero-order chi connectivity index (χ0) is 22.7. The van der Waals surface area contributed by atoms with Gasteiger partial charge in [-0.2, -0.15) is 0 Å². The predicted molar refractivity (Wildman–Crippen MR) is 128 cm³/mol. The highest BCUT2D eigenvalue weighted by molar-refractivity contribution is 5.96. The van der Waals surface area contributed by atoms with Gasteiger partial charge in [-0.3, -0.25) is 9.78 Å². The van der Waals surface area contributed by atoms with Crippen molar-refractivity contribution in [2.45, 2.75) is 44.2 Å². The predicted octanol–water partition coefficient (Wildman–Crippen LogP) is 4.40. The Morgan fingerprint density at radius 3 is 2.73 bits per heavy atom. The molecule has 0 saturated carbocycles. The first-order valence-corrected chi connectivity index (χ1v) is 11.9. The maximum Gasteiger partial charge on any atom is 0.287 e. The van der Waals surface area contributed by atoms with Gasteiger partial charge < -0.3 is 19.7 Å². The zero-order valence-corrected chi connectivity index (χ0v) is 18.9. The fraction of sp³-hybridized carbons (Fsp3) is 0.407. The number of amides is 1. The molecule has 1 unspecified atom stereocenters. The SMILES string of the molecule is O=C(NCc1ccncc1)c1cc2cc(C3(O)CCN(CC4CC=CCC4)CC3)ccc2o1. The van der Waals surface area contributed by atoms with Crippen LogP contribution in [0.25, 0.3) is 11.0 Å². The summed E-state index contributed by atoms with van der Waals surface area (Å²) in [5.74, 6) is 0.764. The van der Waals surface area contributed by atoms with Crippen LogP contribution in [-0.2, 0) is 12.1 Å². The van der Waals surface area contributed by atoms with Crippen LogP contribution in [-0.4, -0.2) is 40.5 Å². The number of allylic oxidation sites excluding steroid dienone is 2. The normalized spacial score (nSPS) is 20.7. The van der Waals surface area contributed by atoms with Crippen LogP contribution >= 0.6 is 0 Å². The van der Waals surface area contributed by atoms with E-state index in [1.54, 1.807) is 18.5 Å². The van der Waals surface area contributed by atoms with E-state index < -0.39 is 5.60 Å². The Hall–Kier alpha value is -2.96. The van der Waals surface area contributed by atoms with Crippen LogP contribution in [0.3, 0.4) is 0 Å². The summed E-state index contributed by atoms with van der Waals surface area (Å²) in [5, 5.41) is 15.1. The number of carbonyl (C=O) groups is 1. The van der Waals surface area contributed by atoms with Crippen LogP contribution in [0.2, 0.25) is 0 Å². The van der Waals surface area contributed by atoms with Gasteiger partial charge in [-0.1, -0.05) is 18.2 Å². The molecule has 5 rings (SSSR count). The molecule has 1 amide bonds. The van der Waals surface area contributed by atoms with Crippen LogP contribution in [0, 0.1) is 5.92 Å². The maximum atomic E-state index is 12.6. The first-order valence-electron chi connectivity index (χ1n) is 11.9. The summed E-state index contributed by atoms with van der Waals surface area (Å²) in [6.45, 7) is 3.35. The number of furan rings is 1. The van der Waals surface area contributed by atoms with Gasteiger partial charge in [-0.05, 0) is 79.5 Å². The van der Waals surface area contributed by atoms with Gasteiger partial charge in [0, 0.05) is 44.0 Å². The number of nitrogens with one attached hydrogen (secondary N) is 1. The lowest BCUT2D eigenvalue weighted by atomic mass is 9.83. The van der Waals surface area contributed by atoms with Crippen molar-refractivity contribution >= 4 is 16.9 Å². The van der Waals surface area contributed by atoms with Gasteiger partial charge in [0.1, 0.15) is 5.58 Å². The van der Waals surface area contributed by atoms with Crippen LogP contribution in [0.1, 0.15) is 53.8 Å². The van der Waals surface area contributed by atoms with Crippen molar-refractivity contribution in [1.29, 1.82) is 0 Å². The maximum absolute atomic E-state index is 12.6. The molecule has 3 aromatic rings. The average Bonchev–Trinajstić information content (AvgIpc) is 3.29. The summed E-state index contributed by atoms with van der Waals surface area (Å²) in [4.78, 5) is 19.0. The molecule has 0 spiro atoms. The Morgan fingerprint density at radius 2 is 1.97 bits per heavy atom. The standard InChI is InChI=1S/C27H31N3O3/c31-26(29-18-20-8-12-28-13-9-20)25-17-22-16-23(6-7-24(22)33-25)27(32)10-14-30(15-11-27)19-21-4-2-1-3-5-21/h1-2,6-9,12-13,16-17,21,32H,3-5,10-11,14-15,18-19H2,(H,29,31). The van der Waals surface area contributed by atoms with Gasteiger partial charge in [0.2, 0.25) is 0 Å². The zero-order valence-electron chi connectivity index (χ0n) is 18.9. The van der Waals surface area contributed by atoms with Crippen molar-refractivity contribution in [2.24, 2.45) is 5.92 Å². The highest BCUT2D eigenvalue weighted by atomic mass is 16.3. The number of aromatic nitrogens is 1. The van der Waals surface area contributed by atoms with Gasteiger partial charge in [-0.15, -0.1) is 0 Å². The Kier molecular flexibility index (Phi) is 6.29. The molecule has 0 bridgehead atoms. The van der Waals surface area contributed by atoms with Crippen molar-refractivity contribution in [3.63, 3.8) is 0 Å². The molecule has 2 N–H and O–H groups in total. The van der Waals surface area contributed by atoms with Crippen molar-refractivity contribution in [2.75, 3.05) is 19.6 Å². The number of benzene rings is 1. The van der Waals surface area contributed by atoms with E-state index in [0.29, 0.717) is 12.1 Å².